The lowest BCUT2D eigenvalue weighted by Crippen LogP contribution is -2.46. The van der Waals surface area contributed by atoms with Crippen LogP contribution in [0.5, 0.6) is 0 Å². The number of nitrogens with zero attached hydrogens (tertiary/aromatic N) is 3. The molecule has 2 rings (SSSR count). The van der Waals surface area contributed by atoms with Gasteiger partial charge in [-0.25, -0.2) is 14.2 Å². The summed E-state index contributed by atoms with van der Waals surface area (Å²) in [7, 11) is 1.23. The number of aliphatic hydroxyl groups excluding tert-OH is 1. The topological polar surface area (TPSA) is 112 Å². The highest BCUT2D eigenvalue weighted by Crippen LogP contribution is 2.43. The van der Waals surface area contributed by atoms with Gasteiger partial charge in [-0.2, -0.15) is 4.98 Å². The van der Waals surface area contributed by atoms with Crippen LogP contribution in [-0.2, 0) is 9.47 Å². The molecule has 0 amide bonds. The van der Waals surface area contributed by atoms with Crippen molar-refractivity contribution in [2.75, 3.05) is 12.8 Å². The number of hydrogen-bond acceptors (Lipinski definition) is 7. The molecule has 0 aromatic carbocycles. The van der Waals surface area contributed by atoms with Crippen LogP contribution in [0.3, 0.4) is 0 Å². The zero-order valence-corrected chi connectivity index (χ0v) is 12.5. The lowest BCUT2D eigenvalue weighted by Gasteiger charge is -2.26. The first-order valence-electron chi connectivity index (χ1n) is 6.23. The molecule has 1 aromatic heterocycles. The standard InChI is InChI=1S/C12H14ClFN4O4/c1-6(19)7-8(21-2)12(14,3-4-13)9(22-7)18-5-16-10(15)17-11(18)20/h5-9,19H,1-2H3,(H2,15,17,20)/t6-,7+,8-,9+,12?/m0/s1. The SMILES string of the molecule is CO[C@H]1[C@@H]([C@H](C)O)O[C@@H](n2cnc(N)nc2=O)C1(F)C#CCl. The third-order valence-electron chi connectivity index (χ3n) is 3.32. The number of alkyl halides is 1. The summed E-state index contributed by atoms with van der Waals surface area (Å²) in [6, 6.07) is 0. The first-order chi connectivity index (χ1) is 10.3. The molecule has 10 heteroatoms. The number of aliphatic hydroxyl groups is 1. The van der Waals surface area contributed by atoms with Crippen LogP contribution in [0.15, 0.2) is 11.1 Å². The van der Waals surface area contributed by atoms with E-state index in [0.29, 0.717) is 0 Å². The van der Waals surface area contributed by atoms with Gasteiger partial charge in [0.05, 0.1) is 6.10 Å². The Labute approximate surface area is 130 Å². The summed E-state index contributed by atoms with van der Waals surface area (Å²) in [6.45, 7) is 1.40. The van der Waals surface area contributed by atoms with Gasteiger partial charge in [-0.15, -0.1) is 0 Å². The van der Waals surface area contributed by atoms with Crippen LogP contribution in [0.1, 0.15) is 13.2 Å². The highest BCUT2D eigenvalue weighted by atomic mass is 35.5. The van der Waals surface area contributed by atoms with E-state index in [4.69, 9.17) is 26.8 Å². The van der Waals surface area contributed by atoms with Gasteiger partial charge in [0, 0.05) is 12.5 Å². The predicted molar refractivity (Wildman–Crippen MR) is 74.6 cm³/mol. The quantitative estimate of drug-likeness (QED) is 0.712. The van der Waals surface area contributed by atoms with Crippen LogP contribution in [-0.4, -0.2) is 50.7 Å². The van der Waals surface area contributed by atoms with Crippen molar-refractivity contribution in [2.45, 2.75) is 37.1 Å². The minimum absolute atomic E-state index is 0.262. The van der Waals surface area contributed by atoms with Gasteiger partial charge in [-0.05, 0) is 24.4 Å². The second kappa shape index (κ2) is 6.18. The highest BCUT2D eigenvalue weighted by Gasteiger charge is 2.60. The third-order valence-corrected chi connectivity index (χ3v) is 3.42. The molecule has 1 aromatic rings. The van der Waals surface area contributed by atoms with Gasteiger partial charge < -0.3 is 20.3 Å². The fraction of sp³-hybridized carbons (Fsp3) is 0.583. The fourth-order valence-corrected chi connectivity index (χ4v) is 2.51. The number of aromatic nitrogens is 3. The summed E-state index contributed by atoms with van der Waals surface area (Å²) in [5, 5.41) is 11.7. The van der Waals surface area contributed by atoms with E-state index in [2.05, 4.69) is 15.9 Å². The van der Waals surface area contributed by atoms with E-state index in [9.17, 15) is 9.90 Å². The molecule has 0 aliphatic carbocycles. The molecule has 2 heterocycles. The summed E-state index contributed by atoms with van der Waals surface area (Å²) in [6.07, 6.45) is -3.98. The lowest BCUT2D eigenvalue weighted by atomic mass is 9.94. The summed E-state index contributed by atoms with van der Waals surface area (Å²) in [5.41, 5.74) is 1.94. The Morgan fingerprint density at radius 1 is 1.73 bits per heavy atom. The smallest absolute Gasteiger partial charge is 0.354 e. The summed E-state index contributed by atoms with van der Waals surface area (Å²) < 4.78 is 26.6. The van der Waals surface area contributed by atoms with Crippen molar-refractivity contribution in [2.24, 2.45) is 0 Å². The van der Waals surface area contributed by atoms with Crippen molar-refractivity contribution in [3.05, 3.63) is 16.8 Å². The number of methoxy groups -OCH3 is 1. The minimum Gasteiger partial charge on any atom is -0.391 e. The molecular formula is C12H14ClFN4O4. The second-order valence-electron chi connectivity index (χ2n) is 4.74. The maximum atomic E-state index is 15.4. The molecular weight excluding hydrogens is 319 g/mol. The highest BCUT2D eigenvalue weighted by molar-refractivity contribution is 6.30. The van der Waals surface area contributed by atoms with Crippen molar-refractivity contribution >= 4 is 17.5 Å². The van der Waals surface area contributed by atoms with Gasteiger partial charge in [-0.1, -0.05) is 0 Å². The van der Waals surface area contributed by atoms with Gasteiger partial charge >= 0.3 is 5.69 Å². The van der Waals surface area contributed by atoms with E-state index < -0.39 is 35.9 Å². The Bertz CT molecular complexity index is 673. The molecule has 0 radical (unpaired) electrons. The number of hydrogen-bond donors (Lipinski definition) is 2. The maximum Gasteiger partial charge on any atom is 0.354 e. The van der Waals surface area contributed by atoms with Crippen molar-refractivity contribution in [3.8, 4) is 11.3 Å². The molecule has 1 unspecified atom stereocenters. The molecule has 3 N–H and O–H groups in total. The summed E-state index contributed by atoms with van der Waals surface area (Å²) >= 11 is 5.33. The van der Waals surface area contributed by atoms with E-state index in [1.54, 1.807) is 0 Å². The Morgan fingerprint density at radius 2 is 2.41 bits per heavy atom. The molecule has 8 nitrogen and oxygen atoms in total. The largest absolute Gasteiger partial charge is 0.391 e. The number of nitrogens with two attached hydrogens (primary N) is 1. The van der Waals surface area contributed by atoms with Crippen LogP contribution in [0.2, 0.25) is 0 Å². The monoisotopic (exact) mass is 332 g/mol. The number of halogens is 2. The van der Waals surface area contributed by atoms with Gasteiger partial charge in [0.15, 0.2) is 6.23 Å². The van der Waals surface area contributed by atoms with Gasteiger partial charge in [0.2, 0.25) is 11.6 Å². The Hall–Kier alpha value is -1.73. The number of ether oxygens (including phenoxy) is 2. The normalized spacial score (nSPS) is 32.3. The third kappa shape index (κ3) is 2.66. The minimum atomic E-state index is -2.48. The van der Waals surface area contributed by atoms with E-state index in [-0.39, 0.29) is 5.95 Å². The molecule has 5 atom stereocenters. The van der Waals surface area contributed by atoms with E-state index in [1.165, 1.54) is 14.0 Å². The molecule has 22 heavy (non-hydrogen) atoms. The number of anilines is 1. The average molecular weight is 333 g/mol. The van der Waals surface area contributed by atoms with Crippen LogP contribution in [0.25, 0.3) is 0 Å². The first kappa shape index (κ1) is 16.6. The van der Waals surface area contributed by atoms with Crippen molar-refractivity contribution in [1.29, 1.82) is 0 Å². The molecule has 0 bridgehead atoms. The Morgan fingerprint density at radius 3 is 2.91 bits per heavy atom. The van der Waals surface area contributed by atoms with Gasteiger partial charge in [0.25, 0.3) is 0 Å². The van der Waals surface area contributed by atoms with Gasteiger partial charge in [-0.3, -0.25) is 4.57 Å². The molecule has 0 saturated carbocycles. The van der Waals surface area contributed by atoms with Crippen LogP contribution >= 0.6 is 11.6 Å². The summed E-state index contributed by atoms with van der Waals surface area (Å²) in [5.74, 6) is 1.88. The molecule has 0 spiro atoms. The number of rotatable bonds is 3. The number of nitrogen functional groups attached to an aromatic ring is 1. The van der Waals surface area contributed by atoms with E-state index in [0.717, 1.165) is 10.9 Å². The van der Waals surface area contributed by atoms with Crippen LogP contribution in [0, 0.1) is 11.3 Å². The van der Waals surface area contributed by atoms with Crippen molar-refractivity contribution in [1.82, 2.24) is 14.5 Å². The maximum absolute atomic E-state index is 15.4. The molecule has 1 aliphatic rings. The second-order valence-corrected chi connectivity index (χ2v) is 4.93. The fourth-order valence-electron chi connectivity index (χ4n) is 2.36. The first-order valence-corrected chi connectivity index (χ1v) is 6.61. The summed E-state index contributed by atoms with van der Waals surface area (Å²) in [4.78, 5) is 18.9. The van der Waals surface area contributed by atoms with Crippen LogP contribution in [0.4, 0.5) is 10.3 Å². The molecule has 1 fully saturated rings. The molecule has 120 valence electrons. The zero-order chi connectivity index (χ0) is 16.5. The lowest BCUT2D eigenvalue weighted by molar-refractivity contribution is -0.0848. The Balaban J connectivity index is 2.57. The van der Waals surface area contributed by atoms with E-state index in [1.807, 2.05) is 5.38 Å². The predicted octanol–water partition coefficient (Wildman–Crippen LogP) is -0.578. The van der Waals surface area contributed by atoms with Crippen molar-refractivity contribution < 1.29 is 19.0 Å². The van der Waals surface area contributed by atoms with Crippen LogP contribution < -0.4 is 11.4 Å². The molecule has 1 saturated heterocycles. The zero-order valence-electron chi connectivity index (χ0n) is 11.7. The van der Waals surface area contributed by atoms with E-state index >= 15 is 4.39 Å². The van der Waals surface area contributed by atoms with Gasteiger partial charge in [0.1, 0.15) is 18.5 Å². The van der Waals surface area contributed by atoms with Crippen molar-refractivity contribution in [3.63, 3.8) is 0 Å². The molecule has 1 aliphatic heterocycles. The average Bonchev–Trinajstić information content (AvgIpc) is 2.72. The Kier molecular flexibility index (Phi) is 4.67.